The summed E-state index contributed by atoms with van der Waals surface area (Å²) in [6.07, 6.45) is 4.75. The maximum atomic E-state index is 10.8. The molecule has 25 heavy (non-hydrogen) atoms. The van der Waals surface area contributed by atoms with E-state index in [0.29, 0.717) is 19.0 Å². The summed E-state index contributed by atoms with van der Waals surface area (Å²) < 4.78 is 2.03. The molecule has 9 nitrogen and oxygen atoms in total. The number of rotatable bonds is 6. The van der Waals surface area contributed by atoms with Crippen LogP contribution in [0.25, 0.3) is 0 Å². The van der Waals surface area contributed by atoms with Gasteiger partial charge in [-0.25, -0.2) is 9.97 Å². The highest BCUT2D eigenvalue weighted by molar-refractivity contribution is 5.53. The van der Waals surface area contributed by atoms with Gasteiger partial charge in [-0.3, -0.25) is 10.1 Å². The smallest absolute Gasteiger partial charge is 0.329 e. The third-order valence-electron chi connectivity index (χ3n) is 3.70. The molecule has 0 fully saturated rings. The van der Waals surface area contributed by atoms with Gasteiger partial charge in [0.1, 0.15) is 12.0 Å². The van der Waals surface area contributed by atoms with E-state index in [9.17, 15) is 10.1 Å². The summed E-state index contributed by atoms with van der Waals surface area (Å²) in [4.78, 5) is 24.3. The molecule has 1 aromatic carbocycles. The molecule has 0 radical (unpaired) electrons. The summed E-state index contributed by atoms with van der Waals surface area (Å²) in [6.45, 7) is 1.14. The zero-order valence-corrected chi connectivity index (χ0v) is 13.6. The lowest BCUT2D eigenvalue weighted by Crippen LogP contribution is -2.22. The number of nitrogens with two attached hydrogens (primary N) is 1. The molecule has 0 spiro atoms. The van der Waals surface area contributed by atoms with Crippen LogP contribution in [0.2, 0.25) is 0 Å². The Labute approximate surface area is 143 Å². The van der Waals surface area contributed by atoms with Crippen LogP contribution in [-0.4, -0.2) is 31.5 Å². The summed E-state index contributed by atoms with van der Waals surface area (Å²) in [6, 6.07) is 10.1. The van der Waals surface area contributed by atoms with Crippen molar-refractivity contribution in [2.45, 2.75) is 13.1 Å². The van der Waals surface area contributed by atoms with E-state index in [4.69, 9.17) is 5.73 Å². The normalized spacial score (nSPS) is 10.6. The van der Waals surface area contributed by atoms with Crippen molar-refractivity contribution < 1.29 is 4.92 Å². The second kappa shape index (κ2) is 6.95. The Morgan fingerprint density at radius 1 is 1.28 bits per heavy atom. The molecule has 0 aliphatic heterocycles. The van der Waals surface area contributed by atoms with E-state index in [0.717, 1.165) is 12.0 Å². The molecule has 0 aliphatic carbocycles. The van der Waals surface area contributed by atoms with Gasteiger partial charge < -0.3 is 15.2 Å². The molecular weight excluding hydrogens is 322 g/mol. The summed E-state index contributed by atoms with van der Waals surface area (Å²) in [5.74, 6) is 0.971. The highest BCUT2D eigenvalue weighted by Gasteiger charge is 2.17. The predicted octanol–water partition coefficient (Wildman–Crippen LogP) is 1.85. The van der Waals surface area contributed by atoms with Crippen molar-refractivity contribution in [3.05, 3.63) is 70.4 Å². The molecule has 0 unspecified atom stereocenters. The molecule has 128 valence electrons. The number of hydrogen-bond donors (Lipinski definition) is 1. The molecule has 3 aromatic rings. The number of hydrogen-bond acceptors (Lipinski definition) is 7. The first kappa shape index (κ1) is 16.4. The molecule has 2 N–H and O–H groups in total. The second-order valence-corrected chi connectivity index (χ2v) is 5.51. The van der Waals surface area contributed by atoms with E-state index in [1.54, 1.807) is 18.1 Å². The number of nitrogens with zero attached hydrogens (tertiary/aromatic N) is 6. The third-order valence-corrected chi connectivity index (χ3v) is 3.70. The first-order valence-electron chi connectivity index (χ1n) is 7.56. The summed E-state index contributed by atoms with van der Waals surface area (Å²) >= 11 is 0. The molecule has 3 rings (SSSR count). The summed E-state index contributed by atoms with van der Waals surface area (Å²) in [5.41, 5.74) is 6.49. The van der Waals surface area contributed by atoms with Crippen LogP contribution in [0.5, 0.6) is 0 Å². The number of anilines is 2. The van der Waals surface area contributed by atoms with Crippen molar-refractivity contribution in [2.75, 3.05) is 17.7 Å². The molecular formula is C16H17N7O2. The van der Waals surface area contributed by atoms with Crippen molar-refractivity contribution in [1.82, 2.24) is 19.5 Å². The van der Waals surface area contributed by atoms with Crippen molar-refractivity contribution in [3.8, 4) is 0 Å². The minimum absolute atomic E-state index is 0.158. The van der Waals surface area contributed by atoms with Crippen molar-refractivity contribution in [1.29, 1.82) is 0 Å². The molecule has 0 saturated carbocycles. The highest BCUT2D eigenvalue weighted by atomic mass is 16.6. The van der Waals surface area contributed by atoms with Gasteiger partial charge in [0, 0.05) is 26.0 Å². The third kappa shape index (κ3) is 3.71. The van der Waals surface area contributed by atoms with Crippen molar-refractivity contribution in [3.63, 3.8) is 0 Å². The minimum Gasteiger partial charge on any atom is -0.378 e. The number of nitrogen functional groups attached to an aromatic ring is 1. The predicted molar refractivity (Wildman–Crippen MR) is 93.0 cm³/mol. The van der Waals surface area contributed by atoms with E-state index in [1.165, 1.54) is 5.56 Å². The number of imidazole rings is 1. The zero-order chi connectivity index (χ0) is 17.8. The Morgan fingerprint density at radius 2 is 2.04 bits per heavy atom. The highest BCUT2D eigenvalue weighted by Crippen LogP contribution is 2.20. The Kier molecular flexibility index (Phi) is 4.55. The van der Waals surface area contributed by atoms with Gasteiger partial charge in [0.2, 0.25) is 11.8 Å². The van der Waals surface area contributed by atoms with Gasteiger partial charge >= 0.3 is 5.69 Å². The average Bonchev–Trinajstić information content (AvgIpc) is 3.02. The summed E-state index contributed by atoms with van der Waals surface area (Å²) in [5, 5.41) is 10.8. The standard InChI is InChI=1S/C16H17N7O2/c1-21(16-19-9-13(23(24)25)15(17)20-16)11-14-18-7-8-22(14)10-12-5-3-2-4-6-12/h2-9H,10-11H2,1H3,(H2,17,19,20). The van der Waals surface area contributed by atoms with E-state index in [1.807, 2.05) is 41.1 Å². The van der Waals surface area contributed by atoms with Crippen LogP contribution in [0.3, 0.4) is 0 Å². The monoisotopic (exact) mass is 339 g/mol. The fourth-order valence-corrected chi connectivity index (χ4v) is 2.40. The van der Waals surface area contributed by atoms with Crippen LogP contribution in [0, 0.1) is 10.1 Å². The van der Waals surface area contributed by atoms with E-state index in [-0.39, 0.29) is 11.5 Å². The van der Waals surface area contributed by atoms with E-state index in [2.05, 4.69) is 15.0 Å². The van der Waals surface area contributed by atoms with Crippen LogP contribution >= 0.6 is 0 Å². The first-order chi connectivity index (χ1) is 12.0. The number of nitro groups is 1. The maximum Gasteiger partial charge on any atom is 0.329 e. The van der Waals surface area contributed by atoms with Gasteiger partial charge in [-0.1, -0.05) is 30.3 Å². The topological polar surface area (TPSA) is 116 Å². The van der Waals surface area contributed by atoms with Crippen LogP contribution in [0.15, 0.2) is 48.9 Å². The van der Waals surface area contributed by atoms with Gasteiger partial charge in [-0.15, -0.1) is 0 Å². The van der Waals surface area contributed by atoms with E-state index >= 15 is 0 Å². The molecule has 2 heterocycles. The van der Waals surface area contributed by atoms with Crippen LogP contribution in [-0.2, 0) is 13.1 Å². The zero-order valence-electron chi connectivity index (χ0n) is 13.6. The minimum atomic E-state index is -0.605. The second-order valence-electron chi connectivity index (χ2n) is 5.51. The molecule has 0 bridgehead atoms. The van der Waals surface area contributed by atoms with Crippen molar-refractivity contribution >= 4 is 17.5 Å². The van der Waals surface area contributed by atoms with E-state index < -0.39 is 4.92 Å². The van der Waals surface area contributed by atoms with Crippen LogP contribution in [0.1, 0.15) is 11.4 Å². The van der Waals surface area contributed by atoms with Crippen LogP contribution in [0.4, 0.5) is 17.5 Å². The Morgan fingerprint density at radius 3 is 2.72 bits per heavy atom. The average molecular weight is 339 g/mol. The summed E-state index contributed by atoms with van der Waals surface area (Å²) in [7, 11) is 1.78. The molecule has 9 heteroatoms. The molecule has 0 aliphatic rings. The fraction of sp³-hybridized carbons (Fsp3) is 0.188. The van der Waals surface area contributed by atoms with Gasteiger partial charge in [0.15, 0.2) is 0 Å². The molecule has 0 saturated heterocycles. The number of benzene rings is 1. The Balaban J connectivity index is 1.76. The van der Waals surface area contributed by atoms with Gasteiger partial charge in [0.05, 0.1) is 11.5 Å². The lowest BCUT2D eigenvalue weighted by molar-refractivity contribution is -0.384. The van der Waals surface area contributed by atoms with Gasteiger partial charge in [-0.2, -0.15) is 4.98 Å². The van der Waals surface area contributed by atoms with Gasteiger partial charge in [0.25, 0.3) is 0 Å². The molecule has 0 amide bonds. The van der Waals surface area contributed by atoms with Crippen molar-refractivity contribution in [2.24, 2.45) is 0 Å². The maximum absolute atomic E-state index is 10.8. The molecule has 0 atom stereocenters. The number of aromatic nitrogens is 4. The Hall–Kier alpha value is -3.49. The molecule has 2 aromatic heterocycles. The first-order valence-corrected chi connectivity index (χ1v) is 7.56. The largest absolute Gasteiger partial charge is 0.378 e. The van der Waals surface area contributed by atoms with Crippen LogP contribution < -0.4 is 10.6 Å². The lowest BCUT2D eigenvalue weighted by Gasteiger charge is -2.17. The lowest BCUT2D eigenvalue weighted by atomic mass is 10.2. The SMILES string of the molecule is CN(Cc1nccn1Cc1ccccc1)c1ncc([N+](=O)[O-])c(N)n1. The quantitative estimate of drug-likeness (QED) is 0.538. The van der Waals surface area contributed by atoms with Gasteiger partial charge in [-0.05, 0) is 5.56 Å². The Bertz CT molecular complexity index is 879. The fourth-order valence-electron chi connectivity index (χ4n) is 2.40.